The maximum absolute atomic E-state index is 13.4. The van der Waals surface area contributed by atoms with Gasteiger partial charge in [-0.15, -0.1) is 0 Å². The van der Waals surface area contributed by atoms with Crippen LogP contribution < -0.4 is 21.9 Å². The smallest absolute Gasteiger partial charge is 0.339 e. The number of rotatable bonds is 6. The number of nitrogens with one attached hydrogen (secondary N) is 1. The van der Waals surface area contributed by atoms with Crippen LogP contribution in [0.1, 0.15) is 40.5 Å². The van der Waals surface area contributed by atoms with Crippen molar-refractivity contribution in [1.29, 1.82) is 0 Å². The lowest BCUT2D eigenvalue weighted by molar-refractivity contribution is -0.121. The Hall–Kier alpha value is -4.73. The van der Waals surface area contributed by atoms with E-state index in [1.54, 1.807) is 0 Å². The van der Waals surface area contributed by atoms with E-state index in [0.29, 0.717) is 28.8 Å². The highest BCUT2D eigenvalue weighted by atomic mass is 16.5. The average Bonchev–Trinajstić information content (AvgIpc) is 2.93. The standard InChI is InChI=1S/C29H29N5O5/c1-17-12-13-22-20(14-17)24(19-10-6-7-11-21(19)31-22)28(37)39-16-23(35)33(2)25-26(30)34(29(38)32-27(25)36)15-18-8-4-3-5-9-18/h3-11,17H,12-16,30H2,1-2H3,(H,32,36,38). The second-order valence-corrected chi connectivity index (χ2v) is 9.87. The summed E-state index contributed by atoms with van der Waals surface area (Å²) in [7, 11) is 1.35. The molecule has 39 heavy (non-hydrogen) atoms. The fraction of sp³-hybridized carbons (Fsp3) is 0.276. The summed E-state index contributed by atoms with van der Waals surface area (Å²) in [6.07, 6.45) is 2.45. The molecule has 0 saturated heterocycles. The largest absolute Gasteiger partial charge is 0.452 e. The fourth-order valence-electron chi connectivity index (χ4n) is 5.04. The second kappa shape index (κ2) is 10.6. The minimum Gasteiger partial charge on any atom is -0.452 e. The van der Waals surface area contributed by atoms with Crippen molar-refractivity contribution in [3.63, 3.8) is 0 Å². The Morgan fingerprint density at radius 2 is 1.85 bits per heavy atom. The van der Waals surface area contributed by atoms with Gasteiger partial charge in [-0.3, -0.25) is 24.1 Å². The van der Waals surface area contributed by atoms with Crippen molar-refractivity contribution in [1.82, 2.24) is 14.5 Å². The molecule has 10 nitrogen and oxygen atoms in total. The summed E-state index contributed by atoms with van der Waals surface area (Å²) in [6, 6.07) is 16.5. The third-order valence-electron chi connectivity index (χ3n) is 7.14. The molecule has 0 spiro atoms. The van der Waals surface area contributed by atoms with Crippen molar-refractivity contribution in [3.8, 4) is 0 Å². The van der Waals surface area contributed by atoms with E-state index in [1.165, 1.54) is 11.6 Å². The van der Waals surface area contributed by atoms with Crippen LogP contribution >= 0.6 is 0 Å². The minimum atomic E-state index is -0.813. The molecule has 1 amide bonds. The number of fused-ring (bicyclic) bond motifs is 2. The molecule has 2 aromatic heterocycles. The maximum Gasteiger partial charge on any atom is 0.339 e. The molecule has 3 N–H and O–H groups in total. The van der Waals surface area contributed by atoms with E-state index < -0.39 is 29.7 Å². The molecule has 1 unspecified atom stereocenters. The van der Waals surface area contributed by atoms with Crippen LogP contribution in [-0.2, 0) is 28.9 Å². The third-order valence-corrected chi connectivity index (χ3v) is 7.14. The van der Waals surface area contributed by atoms with Crippen molar-refractivity contribution < 1.29 is 14.3 Å². The van der Waals surface area contributed by atoms with Gasteiger partial charge in [0.2, 0.25) is 0 Å². The van der Waals surface area contributed by atoms with E-state index in [1.807, 2.05) is 54.6 Å². The Morgan fingerprint density at radius 3 is 2.62 bits per heavy atom. The number of H-pyrrole nitrogens is 1. The third kappa shape index (κ3) is 5.05. The number of nitrogens with zero attached hydrogens (tertiary/aromatic N) is 3. The normalized spacial score (nSPS) is 14.6. The van der Waals surface area contributed by atoms with Crippen molar-refractivity contribution in [3.05, 3.63) is 97.8 Å². The van der Waals surface area contributed by atoms with E-state index in [2.05, 4.69) is 11.9 Å². The van der Waals surface area contributed by atoms with Crippen molar-refractivity contribution in [2.45, 2.75) is 32.7 Å². The van der Waals surface area contributed by atoms with E-state index in [-0.39, 0.29) is 18.1 Å². The molecule has 1 aliphatic carbocycles. The number of amides is 1. The minimum absolute atomic E-state index is 0.102. The summed E-state index contributed by atoms with van der Waals surface area (Å²) in [6.45, 7) is 1.61. The summed E-state index contributed by atoms with van der Waals surface area (Å²) in [5.74, 6) is -1.08. The monoisotopic (exact) mass is 527 g/mol. The first-order valence-electron chi connectivity index (χ1n) is 12.7. The molecule has 2 heterocycles. The number of carbonyl (C=O) groups is 2. The summed E-state index contributed by atoms with van der Waals surface area (Å²) >= 11 is 0. The molecular weight excluding hydrogens is 498 g/mol. The maximum atomic E-state index is 13.4. The highest BCUT2D eigenvalue weighted by Gasteiger charge is 2.28. The Balaban J connectivity index is 1.40. The molecule has 1 atom stereocenters. The van der Waals surface area contributed by atoms with Gasteiger partial charge in [0.1, 0.15) is 5.82 Å². The molecule has 0 aliphatic heterocycles. The number of esters is 1. The van der Waals surface area contributed by atoms with Gasteiger partial charge < -0.3 is 15.4 Å². The van der Waals surface area contributed by atoms with Crippen LogP contribution in [0, 0.1) is 5.92 Å². The number of anilines is 2. The molecule has 0 saturated carbocycles. The number of hydrogen-bond donors (Lipinski definition) is 2. The summed E-state index contributed by atoms with van der Waals surface area (Å²) in [4.78, 5) is 59.6. The Labute approximate surface area is 224 Å². The number of aryl methyl sites for hydroxylation is 1. The molecular formula is C29H29N5O5. The van der Waals surface area contributed by atoms with E-state index >= 15 is 0 Å². The first-order chi connectivity index (χ1) is 18.7. The van der Waals surface area contributed by atoms with Gasteiger partial charge in [0.15, 0.2) is 12.3 Å². The van der Waals surface area contributed by atoms with Crippen LogP contribution in [0.15, 0.2) is 64.2 Å². The number of aromatic nitrogens is 3. The fourth-order valence-corrected chi connectivity index (χ4v) is 5.04. The highest BCUT2D eigenvalue weighted by molar-refractivity contribution is 6.06. The number of benzene rings is 2. The zero-order valence-corrected chi connectivity index (χ0v) is 21.8. The Kier molecular flexibility index (Phi) is 7.02. The van der Waals surface area contributed by atoms with Crippen molar-refractivity contribution in [2.75, 3.05) is 24.3 Å². The number of aromatic amines is 1. The number of para-hydroxylation sites is 1. The quantitative estimate of drug-likeness (QED) is 0.367. The van der Waals surface area contributed by atoms with Gasteiger partial charge in [0.05, 0.1) is 17.6 Å². The summed E-state index contributed by atoms with van der Waals surface area (Å²) in [5.41, 5.74) is 8.13. The van der Waals surface area contributed by atoms with Crippen LogP contribution in [0.2, 0.25) is 0 Å². The number of pyridine rings is 1. The van der Waals surface area contributed by atoms with Gasteiger partial charge in [-0.25, -0.2) is 9.59 Å². The SMILES string of the molecule is CC1CCc2nc3ccccc3c(C(=O)OCC(=O)N(C)c3c(N)n(Cc4ccccc4)c(=O)[nH]c3=O)c2C1. The zero-order chi connectivity index (χ0) is 27.7. The van der Waals surface area contributed by atoms with Crippen LogP contribution in [-0.4, -0.2) is 40.1 Å². The van der Waals surface area contributed by atoms with Gasteiger partial charge in [-0.1, -0.05) is 55.5 Å². The lowest BCUT2D eigenvalue weighted by atomic mass is 9.84. The van der Waals surface area contributed by atoms with Gasteiger partial charge in [-0.05, 0) is 42.4 Å². The van der Waals surface area contributed by atoms with Gasteiger partial charge >= 0.3 is 11.7 Å². The molecule has 2 aromatic carbocycles. The number of carbonyl (C=O) groups excluding carboxylic acids is 2. The predicted octanol–water partition coefficient (Wildman–Crippen LogP) is 2.66. The molecule has 5 rings (SSSR count). The van der Waals surface area contributed by atoms with Gasteiger partial charge in [0, 0.05) is 18.1 Å². The van der Waals surface area contributed by atoms with E-state index in [0.717, 1.165) is 34.6 Å². The molecule has 0 radical (unpaired) electrons. The predicted molar refractivity (Wildman–Crippen MR) is 148 cm³/mol. The number of nitrogen functional groups attached to an aromatic ring is 1. The first-order valence-corrected chi connectivity index (χ1v) is 12.7. The lowest BCUT2D eigenvalue weighted by Gasteiger charge is -2.24. The lowest BCUT2D eigenvalue weighted by Crippen LogP contribution is -2.40. The number of hydrogen-bond acceptors (Lipinski definition) is 7. The molecule has 4 aromatic rings. The number of ether oxygens (including phenoxy) is 1. The van der Waals surface area contributed by atoms with E-state index in [9.17, 15) is 19.2 Å². The van der Waals surface area contributed by atoms with Gasteiger partial charge in [-0.2, -0.15) is 0 Å². The Bertz CT molecular complexity index is 1690. The van der Waals surface area contributed by atoms with Crippen molar-refractivity contribution >= 4 is 34.3 Å². The molecule has 10 heteroatoms. The summed E-state index contributed by atoms with van der Waals surface area (Å²) < 4.78 is 6.67. The number of nitrogens with two attached hydrogens (primary N) is 1. The highest BCUT2D eigenvalue weighted by Crippen LogP contribution is 2.32. The van der Waals surface area contributed by atoms with Crippen molar-refractivity contribution in [2.24, 2.45) is 5.92 Å². The van der Waals surface area contributed by atoms with Crippen LogP contribution in [0.5, 0.6) is 0 Å². The molecule has 0 bridgehead atoms. The molecule has 0 fully saturated rings. The van der Waals surface area contributed by atoms with Crippen LogP contribution in [0.4, 0.5) is 11.5 Å². The van der Waals surface area contributed by atoms with Crippen LogP contribution in [0.25, 0.3) is 10.9 Å². The molecule has 200 valence electrons. The summed E-state index contributed by atoms with van der Waals surface area (Å²) in [5, 5.41) is 0.671. The Morgan fingerprint density at radius 1 is 1.13 bits per heavy atom. The molecule has 1 aliphatic rings. The zero-order valence-electron chi connectivity index (χ0n) is 21.8. The first kappa shape index (κ1) is 25.9. The number of likely N-dealkylation sites (N-methyl/N-ethyl adjacent to an activating group) is 1. The van der Waals surface area contributed by atoms with E-state index in [4.69, 9.17) is 15.5 Å². The van der Waals surface area contributed by atoms with Gasteiger partial charge in [0.25, 0.3) is 11.5 Å². The van der Waals surface area contributed by atoms with Crippen LogP contribution in [0.3, 0.4) is 0 Å². The topological polar surface area (TPSA) is 140 Å². The average molecular weight is 528 g/mol. The second-order valence-electron chi connectivity index (χ2n) is 9.87.